The van der Waals surface area contributed by atoms with Gasteiger partial charge in [0.15, 0.2) is 5.96 Å². The van der Waals surface area contributed by atoms with Crippen LogP contribution in [-0.2, 0) is 6.54 Å². The number of hydrogen-bond donors (Lipinski definition) is 2. The van der Waals surface area contributed by atoms with Crippen LogP contribution in [0.5, 0.6) is 5.75 Å². The Bertz CT molecular complexity index is 771. The fraction of sp³-hybridized carbons (Fsp3) is 0.500. The Hall–Kier alpha value is -1.77. The van der Waals surface area contributed by atoms with E-state index in [1.807, 2.05) is 31.5 Å². The molecule has 7 heteroatoms. The number of rotatable bonds is 5. The monoisotopic (exact) mass is 483 g/mol. The van der Waals surface area contributed by atoms with Gasteiger partial charge in [0, 0.05) is 37.5 Å². The highest BCUT2D eigenvalue weighted by atomic mass is 127. The predicted molar refractivity (Wildman–Crippen MR) is 120 cm³/mol. The van der Waals surface area contributed by atoms with Gasteiger partial charge in [0.1, 0.15) is 17.2 Å². The van der Waals surface area contributed by atoms with Gasteiger partial charge in [0.2, 0.25) is 0 Å². The van der Waals surface area contributed by atoms with Crippen LogP contribution in [0, 0.1) is 6.92 Å². The molecule has 0 amide bonds. The molecule has 0 fully saturated rings. The van der Waals surface area contributed by atoms with Crippen LogP contribution in [0.2, 0.25) is 0 Å². The molecular weight excluding hydrogens is 453 g/mol. The van der Waals surface area contributed by atoms with Crippen LogP contribution >= 0.6 is 24.0 Å². The summed E-state index contributed by atoms with van der Waals surface area (Å²) in [5.41, 5.74) is 0.972. The molecule has 0 radical (unpaired) electrons. The Morgan fingerprint density at radius 1 is 1.37 bits per heavy atom. The van der Waals surface area contributed by atoms with E-state index in [4.69, 9.17) is 9.73 Å². The molecule has 0 aliphatic carbocycles. The Balaban J connectivity index is 0.00000261. The zero-order valence-electron chi connectivity index (χ0n) is 16.5. The molecule has 1 aromatic heterocycles. The minimum absolute atomic E-state index is 0. The third-order valence-electron chi connectivity index (χ3n) is 4.57. The molecule has 1 unspecified atom stereocenters. The molecule has 27 heavy (non-hydrogen) atoms. The van der Waals surface area contributed by atoms with E-state index in [0.717, 1.165) is 37.0 Å². The average molecular weight is 483 g/mol. The van der Waals surface area contributed by atoms with Crippen molar-refractivity contribution in [2.24, 2.45) is 4.99 Å². The van der Waals surface area contributed by atoms with Crippen LogP contribution in [0.3, 0.4) is 0 Å². The highest BCUT2D eigenvalue weighted by molar-refractivity contribution is 14.0. The first-order valence-electron chi connectivity index (χ1n) is 9.29. The molecule has 2 heterocycles. The predicted octanol–water partition coefficient (Wildman–Crippen LogP) is 3.67. The summed E-state index contributed by atoms with van der Waals surface area (Å²) in [6, 6.07) is 8.41. The quantitative estimate of drug-likeness (QED) is 0.387. The molecule has 1 aromatic carbocycles. The number of imidazole rings is 1. The molecule has 148 valence electrons. The van der Waals surface area contributed by atoms with E-state index in [1.165, 1.54) is 5.56 Å². The number of nitrogens with zero attached hydrogens (tertiary/aromatic N) is 3. The lowest BCUT2D eigenvalue weighted by Gasteiger charge is -2.38. The molecule has 6 nitrogen and oxygen atoms in total. The van der Waals surface area contributed by atoms with E-state index in [0.29, 0.717) is 6.54 Å². The number of hydrogen-bond acceptors (Lipinski definition) is 3. The standard InChI is InChI=1S/C20H29N5O.HI/c1-5-21-19(23-11-13-25-12-10-22-15(25)2)24-17-14-20(3,4)26-18-9-7-6-8-16(17)18;/h6-10,12,17H,5,11,13-14H2,1-4H3,(H2,21,23,24);1H. The minimum Gasteiger partial charge on any atom is -0.487 e. The van der Waals surface area contributed by atoms with E-state index in [1.54, 1.807) is 0 Å². The SMILES string of the molecule is CCNC(=NCCn1ccnc1C)NC1CC(C)(C)Oc2ccccc21.I. The molecule has 0 bridgehead atoms. The second-order valence-electron chi connectivity index (χ2n) is 7.23. The van der Waals surface area contributed by atoms with Crippen molar-refractivity contribution < 1.29 is 4.74 Å². The fourth-order valence-corrected chi connectivity index (χ4v) is 3.33. The van der Waals surface area contributed by atoms with Crippen LogP contribution in [0.15, 0.2) is 41.7 Å². The molecule has 0 saturated heterocycles. The summed E-state index contributed by atoms with van der Waals surface area (Å²) in [6.07, 6.45) is 4.70. The first-order chi connectivity index (χ1) is 12.5. The highest BCUT2D eigenvalue weighted by Gasteiger charge is 2.33. The van der Waals surface area contributed by atoms with Gasteiger partial charge in [0.25, 0.3) is 0 Å². The van der Waals surface area contributed by atoms with Gasteiger partial charge in [-0.3, -0.25) is 4.99 Å². The van der Waals surface area contributed by atoms with Gasteiger partial charge in [-0.25, -0.2) is 4.98 Å². The second-order valence-corrected chi connectivity index (χ2v) is 7.23. The van der Waals surface area contributed by atoms with Crippen LogP contribution < -0.4 is 15.4 Å². The van der Waals surface area contributed by atoms with Crippen molar-refractivity contribution in [3.63, 3.8) is 0 Å². The van der Waals surface area contributed by atoms with Crippen molar-refractivity contribution in [2.45, 2.75) is 52.3 Å². The summed E-state index contributed by atoms with van der Waals surface area (Å²) in [7, 11) is 0. The number of fused-ring (bicyclic) bond motifs is 1. The van der Waals surface area contributed by atoms with E-state index < -0.39 is 0 Å². The van der Waals surface area contributed by atoms with Gasteiger partial charge in [0.05, 0.1) is 12.6 Å². The second kappa shape index (κ2) is 9.43. The number of aliphatic imine (C=N–C) groups is 1. The number of guanidine groups is 1. The number of benzene rings is 1. The summed E-state index contributed by atoms with van der Waals surface area (Å²) < 4.78 is 8.23. The number of ether oxygens (including phenoxy) is 1. The van der Waals surface area contributed by atoms with E-state index in [-0.39, 0.29) is 35.6 Å². The van der Waals surface area contributed by atoms with E-state index in [2.05, 4.69) is 53.1 Å². The van der Waals surface area contributed by atoms with Crippen molar-refractivity contribution in [3.05, 3.63) is 48.0 Å². The highest BCUT2D eigenvalue weighted by Crippen LogP contribution is 2.39. The van der Waals surface area contributed by atoms with Crippen LogP contribution in [0.4, 0.5) is 0 Å². The number of nitrogens with one attached hydrogen (secondary N) is 2. The van der Waals surface area contributed by atoms with E-state index in [9.17, 15) is 0 Å². The lowest BCUT2D eigenvalue weighted by molar-refractivity contribution is 0.0694. The molecule has 0 saturated carbocycles. The Morgan fingerprint density at radius 3 is 2.85 bits per heavy atom. The number of halogens is 1. The molecule has 0 spiro atoms. The maximum absolute atomic E-state index is 6.12. The fourth-order valence-electron chi connectivity index (χ4n) is 3.33. The molecule has 3 rings (SSSR count). The zero-order chi connectivity index (χ0) is 18.6. The maximum atomic E-state index is 6.12. The van der Waals surface area contributed by atoms with Gasteiger partial charge in [-0.15, -0.1) is 24.0 Å². The average Bonchev–Trinajstić information content (AvgIpc) is 2.99. The minimum atomic E-state index is -0.211. The van der Waals surface area contributed by atoms with E-state index >= 15 is 0 Å². The molecule has 1 aliphatic heterocycles. The smallest absolute Gasteiger partial charge is 0.191 e. The number of aryl methyl sites for hydroxylation is 1. The van der Waals surface area contributed by atoms with Crippen molar-refractivity contribution in [1.82, 2.24) is 20.2 Å². The van der Waals surface area contributed by atoms with Crippen molar-refractivity contribution >= 4 is 29.9 Å². The van der Waals surface area contributed by atoms with Crippen molar-refractivity contribution in [1.29, 1.82) is 0 Å². The Morgan fingerprint density at radius 2 is 2.15 bits per heavy atom. The van der Waals surface area contributed by atoms with Crippen molar-refractivity contribution in [2.75, 3.05) is 13.1 Å². The van der Waals surface area contributed by atoms with Gasteiger partial charge >= 0.3 is 0 Å². The normalized spacial score (nSPS) is 18.1. The van der Waals surface area contributed by atoms with Gasteiger partial charge in [-0.05, 0) is 33.8 Å². The zero-order valence-corrected chi connectivity index (χ0v) is 18.9. The van der Waals surface area contributed by atoms with Crippen molar-refractivity contribution in [3.8, 4) is 5.75 Å². The Labute approximate surface area is 178 Å². The summed E-state index contributed by atoms with van der Waals surface area (Å²) in [6.45, 7) is 10.7. The third-order valence-corrected chi connectivity index (χ3v) is 4.57. The molecule has 2 aromatic rings. The summed E-state index contributed by atoms with van der Waals surface area (Å²) in [4.78, 5) is 9.00. The molecule has 1 aliphatic rings. The molecule has 1 atom stereocenters. The van der Waals surface area contributed by atoms with Gasteiger partial charge in [-0.2, -0.15) is 0 Å². The van der Waals surface area contributed by atoms with Crippen LogP contribution in [0.25, 0.3) is 0 Å². The van der Waals surface area contributed by atoms with Gasteiger partial charge in [-0.1, -0.05) is 18.2 Å². The summed E-state index contributed by atoms with van der Waals surface area (Å²) in [5.74, 6) is 2.80. The molecular formula is C20H30IN5O. The topological polar surface area (TPSA) is 63.5 Å². The van der Waals surface area contributed by atoms with Crippen LogP contribution in [0.1, 0.15) is 44.6 Å². The van der Waals surface area contributed by atoms with Crippen LogP contribution in [-0.4, -0.2) is 34.2 Å². The molecule has 2 N–H and O–H groups in total. The number of para-hydroxylation sites is 1. The first kappa shape index (κ1) is 21.5. The lowest BCUT2D eigenvalue weighted by atomic mass is 9.90. The maximum Gasteiger partial charge on any atom is 0.191 e. The lowest BCUT2D eigenvalue weighted by Crippen LogP contribution is -2.45. The van der Waals surface area contributed by atoms with Gasteiger partial charge < -0.3 is 19.9 Å². The first-order valence-corrected chi connectivity index (χ1v) is 9.29. The number of aromatic nitrogens is 2. The largest absolute Gasteiger partial charge is 0.487 e. The Kier molecular flexibility index (Phi) is 7.52. The third kappa shape index (κ3) is 5.60. The summed E-state index contributed by atoms with van der Waals surface area (Å²) in [5, 5.41) is 6.95. The summed E-state index contributed by atoms with van der Waals surface area (Å²) >= 11 is 0.